The van der Waals surface area contributed by atoms with Gasteiger partial charge in [-0.2, -0.15) is 10.2 Å². The van der Waals surface area contributed by atoms with E-state index in [4.69, 9.17) is 5.73 Å². The maximum absolute atomic E-state index is 11.2. The molecule has 0 aliphatic carbocycles. The number of nitrogens with one attached hydrogen (secondary N) is 3. The molecule has 0 saturated heterocycles. The van der Waals surface area contributed by atoms with Crippen molar-refractivity contribution >= 4 is 17.3 Å². The summed E-state index contributed by atoms with van der Waals surface area (Å²) < 4.78 is 1.32. The standard InChI is InChI=1S/C9H10N8O/c10-8-5(3-13-15-8)2-11-6-1-7-14-16-9(18)17(7)4-12-6/h1,3-4,11H,2H2,(H,16,18)(H3,10,13,15). The molecule has 0 saturated carbocycles. The number of hydrogen-bond acceptors (Lipinski definition) is 6. The second-order valence-electron chi connectivity index (χ2n) is 3.69. The smallest absolute Gasteiger partial charge is 0.348 e. The molecule has 0 aliphatic rings. The zero-order chi connectivity index (χ0) is 12.5. The van der Waals surface area contributed by atoms with Crippen molar-refractivity contribution in [3.8, 4) is 0 Å². The normalized spacial score (nSPS) is 10.9. The molecule has 3 rings (SSSR count). The lowest BCUT2D eigenvalue weighted by Gasteiger charge is -2.04. The minimum atomic E-state index is -0.317. The Morgan fingerprint density at radius 1 is 1.44 bits per heavy atom. The van der Waals surface area contributed by atoms with Crippen molar-refractivity contribution in [1.82, 2.24) is 29.8 Å². The Labute approximate surface area is 100 Å². The highest BCUT2D eigenvalue weighted by molar-refractivity contribution is 5.49. The summed E-state index contributed by atoms with van der Waals surface area (Å²) >= 11 is 0. The van der Waals surface area contributed by atoms with Crippen molar-refractivity contribution in [2.75, 3.05) is 11.1 Å². The van der Waals surface area contributed by atoms with Crippen LogP contribution in [-0.4, -0.2) is 29.8 Å². The number of aromatic nitrogens is 6. The van der Waals surface area contributed by atoms with Crippen LogP contribution in [0, 0.1) is 0 Å². The van der Waals surface area contributed by atoms with E-state index >= 15 is 0 Å². The van der Waals surface area contributed by atoms with E-state index in [0.717, 1.165) is 5.56 Å². The summed E-state index contributed by atoms with van der Waals surface area (Å²) in [7, 11) is 0. The molecule has 0 atom stereocenters. The van der Waals surface area contributed by atoms with E-state index in [9.17, 15) is 4.79 Å². The highest BCUT2D eigenvalue weighted by atomic mass is 16.1. The molecule has 9 nitrogen and oxygen atoms in total. The second kappa shape index (κ2) is 3.87. The first-order valence-corrected chi connectivity index (χ1v) is 5.18. The largest absolute Gasteiger partial charge is 0.384 e. The molecule has 0 radical (unpaired) electrons. The fraction of sp³-hybridized carbons (Fsp3) is 0.111. The Bertz CT molecular complexity index is 738. The van der Waals surface area contributed by atoms with Crippen molar-refractivity contribution in [3.05, 3.63) is 34.6 Å². The van der Waals surface area contributed by atoms with Crippen molar-refractivity contribution in [2.45, 2.75) is 6.54 Å². The van der Waals surface area contributed by atoms with Crippen LogP contribution in [-0.2, 0) is 6.54 Å². The lowest BCUT2D eigenvalue weighted by atomic mass is 10.3. The molecule has 3 aromatic heterocycles. The lowest BCUT2D eigenvalue weighted by Crippen LogP contribution is -2.10. The highest BCUT2D eigenvalue weighted by Crippen LogP contribution is 2.10. The number of H-pyrrole nitrogens is 2. The van der Waals surface area contributed by atoms with Crippen molar-refractivity contribution in [3.63, 3.8) is 0 Å². The Balaban J connectivity index is 1.83. The van der Waals surface area contributed by atoms with E-state index in [-0.39, 0.29) is 5.69 Å². The van der Waals surface area contributed by atoms with Crippen LogP contribution in [0.25, 0.3) is 5.65 Å². The van der Waals surface area contributed by atoms with Gasteiger partial charge in [0.05, 0.1) is 6.20 Å². The van der Waals surface area contributed by atoms with Crippen LogP contribution in [0.4, 0.5) is 11.6 Å². The molecule has 92 valence electrons. The topological polar surface area (TPSA) is 130 Å². The molecule has 18 heavy (non-hydrogen) atoms. The first kappa shape index (κ1) is 10.3. The van der Waals surface area contributed by atoms with Crippen LogP contribution in [0.2, 0.25) is 0 Å². The third kappa shape index (κ3) is 1.67. The number of aromatic amines is 2. The number of anilines is 2. The van der Waals surface area contributed by atoms with Crippen LogP contribution >= 0.6 is 0 Å². The summed E-state index contributed by atoms with van der Waals surface area (Å²) in [6, 6.07) is 1.66. The number of nitrogens with zero attached hydrogens (tertiary/aromatic N) is 4. The van der Waals surface area contributed by atoms with E-state index in [1.54, 1.807) is 12.3 Å². The summed E-state index contributed by atoms with van der Waals surface area (Å²) in [6.07, 6.45) is 3.04. The van der Waals surface area contributed by atoms with E-state index in [1.807, 2.05) is 0 Å². The average Bonchev–Trinajstić information content (AvgIpc) is 2.94. The quantitative estimate of drug-likeness (QED) is 0.485. The van der Waals surface area contributed by atoms with Gasteiger partial charge in [-0.15, -0.1) is 0 Å². The van der Waals surface area contributed by atoms with Gasteiger partial charge in [0.15, 0.2) is 5.65 Å². The first-order valence-electron chi connectivity index (χ1n) is 5.18. The van der Waals surface area contributed by atoms with Crippen LogP contribution in [0.15, 0.2) is 23.4 Å². The van der Waals surface area contributed by atoms with E-state index < -0.39 is 0 Å². The summed E-state index contributed by atoms with van der Waals surface area (Å²) in [5.41, 5.74) is 6.68. The number of rotatable bonds is 3. The van der Waals surface area contributed by atoms with Crippen LogP contribution < -0.4 is 16.7 Å². The van der Waals surface area contributed by atoms with Gasteiger partial charge in [-0.05, 0) is 0 Å². The Hall–Kier alpha value is -2.84. The molecule has 0 aliphatic heterocycles. The molecule has 3 heterocycles. The predicted molar refractivity (Wildman–Crippen MR) is 63.9 cm³/mol. The van der Waals surface area contributed by atoms with Crippen molar-refractivity contribution in [2.24, 2.45) is 0 Å². The summed E-state index contributed by atoms with van der Waals surface area (Å²) in [6.45, 7) is 0.486. The zero-order valence-corrected chi connectivity index (χ0v) is 9.21. The van der Waals surface area contributed by atoms with Gasteiger partial charge in [0.1, 0.15) is 18.0 Å². The number of hydrogen-bond donors (Lipinski definition) is 4. The lowest BCUT2D eigenvalue weighted by molar-refractivity contribution is 0.991. The molecule has 5 N–H and O–H groups in total. The van der Waals surface area contributed by atoms with Crippen molar-refractivity contribution in [1.29, 1.82) is 0 Å². The SMILES string of the molecule is Nc1[nH]ncc1CNc1cc2n[nH]c(=O)n2cn1. The van der Waals surface area contributed by atoms with Crippen LogP contribution in [0.3, 0.4) is 0 Å². The number of fused-ring (bicyclic) bond motifs is 1. The minimum absolute atomic E-state index is 0.317. The molecule has 0 bridgehead atoms. The second-order valence-corrected chi connectivity index (χ2v) is 3.69. The first-order chi connectivity index (χ1) is 8.74. The van der Waals surface area contributed by atoms with Gasteiger partial charge >= 0.3 is 5.69 Å². The summed E-state index contributed by atoms with van der Waals surface area (Å²) in [4.78, 5) is 15.3. The fourth-order valence-corrected chi connectivity index (χ4v) is 1.55. The molecule has 0 fully saturated rings. The van der Waals surface area contributed by atoms with E-state index in [2.05, 4.69) is 30.7 Å². The Morgan fingerprint density at radius 3 is 3.11 bits per heavy atom. The average molecular weight is 246 g/mol. The van der Waals surface area contributed by atoms with Gasteiger partial charge in [0.2, 0.25) is 0 Å². The van der Waals surface area contributed by atoms with Gasteiger partial charge in [-0.3, -0.25) is 5.10 Å². The summed E-state index contributed by atoms with van der Waals surface area (Å²) in [5, 5.41) is 15.7. The molecular formula is C9H10N8O. The van der Waals surface area contributed by atoms with E-state index in [0.29, 0.717) is 23.8 Å². The Kier molecular flexibility index (Phi) is 2.22. The maximum atomic E-state index is 11.2. The molecule has 0 amide bonds. The van der Waals surface area contributed by atoms with Gasteiger partial charge in [0.25, 0.3) is 0 Å². The molecular weight excluding hydrogens is 236 g/mol. The highest BCUT2D eigenvalue weighted by Gasteiger charge is 2.04. The van der Waals surface area contributed by atoms with Crippen LogP contribution in [0.5, 0.6) is 0 Å². The molecule has 3 aromatic rings. The van der Waals surface area contributed by atoms with Gasteiger partial charge in [0, 0.05) is 18.2 Å². The summed E-state index contributed by atoms with van der Waals surface area (Å²) in [5.74, 6) is 1.11. The zero-order valence-electron chi connectivity index (χ0n) is 9.21. The van der Waals surface area contributed by atoms with Gasteiger partial charge in [-0.25, -0.2) is 19.3 Å². The fourth-order valence-electron chi connectivity index (χ4n) is 1.55. The molecule has 0 aromatic carbocycles. The molecule has 0 unspecified atom stereocenters. The minimum Gasteiger partial charge on any atom is -0.384 e. The van der Waals surface area contributed by atoms with Crippen molar-refractivity contribution < 1.29 is 0 Å². The number of nitrogens with two attached hydrogens (primary N) is 1. The third-order valence-electron chi connectivity index (χ3n) is 2.52. The Morgan fingerprint density at radius 2 is 2.33 bits per heavy atom. The molecule has 0 spiro atoms. The number of nitrogen functional groups attached to an aromatic ring is 1. The van der Waals surface area contributed by atoms with Gasteiger partial charge < -0.3 is 11.1 Å². The van der Waals surface area contributed by atoms with E-state index in [1.165, 1.54) is 10.7 Å². The monoisotopic (exact) mass is 246 g/mol. The third-order valence-corrected chi connectivity index (χ3v) is 2.52. The van der Waals surface area contributed by atoms with Gasteiger partial charge in [-0.1, -0.05) is 0 Å². The maximum Gasteiger partial charge on any atom is 0.348 e. The van der Waals surface area contributed by atoms with Crippen LogP contribution in [0.1, 0.15) is 5.56 Å². The predicted octanol–water partition coefficient (Wildman–Crippen LogP) is -0.665. The molecule has 9 heteroatoms.